The van der Waals surface area contributed by atoms with Crippen LogP contribution in [0.1, 0.15) is 19.3 Å². The molecular weight excluding hydrogens is 377 g/mol. The summed E-state index contributed by atoms with van der Waals surface area (Å²) in [5, 5.41) is 13.1. The lowest BCUT2D eigenvalue weighted by atomic mass is 10.0. The number of rotatable bonds is 7. The van der Waals surface area contributed by atoms with Gasteiger partial charge in [0.1, 0.15) is 17.8 Å². The Morgan fingerprint density at radius 3 is 2.68 bits per heavy atom. The third-order valence-electron chi connectivity index (χ3n) is 4.52. The molecule has 0 radical (unpaired) electrons. The number of nitrogens with zero attached hydrogens (tertiary/aromatic N) is 5. The van der Waals surface area contributed by atoms with Gasteiger partial charge in [0.2, 0.25) is 0 Å². The van der Waals surface area contributed by atoms with Crippen molar-refractivity contribution in [2.24, 2.45) is 0 Å². The highest BCUT2D eigenvalue weighted by Crippen LogP contribution is 2.21. The fraction of sp³-hybridized carbons (Fsp3) is 0.529. The monoisotopic (exact) mass is 398 g/mol. The molecule has 1 amide bonds. The maximum atomic E-state index is 12.3. The zero-order valence-electron chi connectivity index (χ0n) is 15.1. The van der Waals surface area contributed by atoms with Gasteiger partial charge in [-0.25, -0.2) is 0 Å². The first-order valence-electron chi connectivity index (χ1n) is 8.99. The van der Waals surface area contributed by atoms with Crippen molar-refractivity contribution in [1.82, 2.24) is 30.4 Å². The average molecular weight is 398 g/mol. The molecule has 0 unspecified atom stereocenters. The van der Waals surface area contributed by atoms with E-state index in [4.69, 9.17) is 4.74 Å². The van der Waals surface area contributed by atoms with Gasteiger partial charge in [-0.3, -0.25) is 4.79 Å². The number of aromatic nitrogens is 4. The zero-order valence-corrected chi connectivity index (χ0v) is 15.1. The van der Waals surface area contributed by atoms with Gasteiger partial charge in [-0.05, 0) is 41.8 Å². The number of para-hydroxylation sites is 2. The predicted molar refractivity (Wildman–Crippen MR) is 92.9 cm³/mol. The summed E-state index contributed by atoms with van der Waals surface area (Å²) in [7, 11) is 0. The number of tetrazole rings is 1. The Morgan fingerprint density at radius 2 is 2.00 bits per heavy atom. The summed E-state index contributed by atoms with van der Waals surface area (Å²) in [4.78, 5) is 13.2. The number of ether oxygens (including phenoxy) is 1. The fourth-order valence-electron chi connectivity index (χ4n) is 3.08. The quantitative estimate of drug-likeness (QED) is 0.713. The number of piperidine rings is 1. The highest BCUT2D eigenvalue weighted by Gasteiger charge is 2.40. The van der Waals surface area contributed by atoms with Crippen LogP contribution in [0.3, 0.4) is 0 Å². The van der Waals surface area contributed by atoms with Gasteiger partial charge in [0.15, 0.2) is 0 Å². The van der Waals surface area contributed by atoms with Crippen LogP contribution in [0.25, 0.3) is 5.69 Å². The van der Waals surface area contributed by atoms with Crippen molar-refractivity contribution in [2.45, 2.75) is 31.5 Å². The first kappa shape index (κ1) is 20.1. The topological polar surface area (TPSA) is 85.2 Å². The number of carbonyl (C=O) groups excluding carboxylic acids is 1. The van der Waals surface area contributed by atoms with Gasteiger partial charge in [-0.1, -0.05) is 12.1 Å². The molecular formula is C17H21F3N6O2. The molecule has 1 aliphatic heterocycles. The molecule has 1 aromatic carbocycles. The summed E-state index contributed by atoms with van der Waals surface area (Å²) in [6.07, 6.45) is -1.56. The van der Waals surface area contributed by atoms with Crippen molar-refractivity contribution in [1.29, 1.82) is 0 Å². The normalized spacial score (nSPS) is 16.1. The molecule has 0 saturated carbocycles. The average Bonchev–Trinajstić information content (AvgIpc) is 3.20. The van der Waals surface area contributed by atoms with Crippen LogP contribution >= 0.6 is 0 Å². The molecule has 11 heteroatoms. The van der Waals surface area contributed by atoms with Gasteiger partial charge in [-0.2, -0.15) is 17.9 Å². The van der Waals surface area contributed by atoms with Crippen LogP contribution in [-0.4, -0.2) is 69.5 Å². The van der Waals surface area contributed by atoms with E-state index in [2.05, 4.69) is 25.7 Å². The number of carbonyl (C=O) groups is 1. The standard InChI is InChI=1S/C17H21F3N6O2/c18-17(19,20)16(27)22-13-6-9-25(10-7-13)8-3-11-28-15-5-2-1-4-14(15)26-12-21-23-24-26/h1-2,4-5,12-13H,3,6-11H2,(H,22,27). The summed E-state index contributed by atoms with van der Waals surface area (Å²) < 4.78 is 44.2. The number of halogens is 3. The number of amides is 1. The van der Waals surface area contributed by atoms with E-state index in [1.165, 1.54) is 11.0 Å². The van der Waals surface area contributed by atoms with Gasteiger partial charge in [0.05, 0.1) is 6.61 Å². The molecule has 1 saturated heterocycles. The van der Waals surface area contributed by atoms with E-state index in [0.29, 0.717) is 38.3 Å². The van der Waals surface area contributed by atoms with Crippen LogP contribution in [0.5, 0.6) is 5.75 Å². The van der Waals surface area contributed by atoms with Crippen molar-refractivity contribution >= 4 is 5.91 Å². The fourth-order valence-corrected chi connectivity index (χ4v) is 3.08. The van der Waals surface area contributed by atoms with Gasteiger partial charge in [0.25, 0.3) is 0 Å². The first-order valence-corrected chi connectivity index (χ1v) is 8.99. The molecule has 1 fully saturated rings. The van der Waals surface area contributed by atoms with Crippen LogP contribution in [0.2, 0.25) is 0 Å². The molecule has 152 valence electrons. The highest BCUT2D eigenvalue weighted by atomic mass is 19.4. The van der Waals surface area contributed by atoms with Crippen LogP contribution in [0.4, 0.5) is 13.2 Å². The molecule has 1 aliphatic rings. The van der Waals surface area contributed by atoms with E-state index >= 15 is 0 Å². The minimum atomic E-state index is -4.83. The summed E-state index contributed by atoms with van der Waals surface area (Å²) in [5.74, 6) is -1.19. The van der Waals surface area contributed by atoms with Gasteiger partial charge < -0.3 is 15.0 Å². The molecule has 0 atom stereocenters. The van der Waals surface area contributed by atoms with Crippen LogP contribution in [0, 0.1) is 0 Å². The summed E-state index contributed by atoms with van der Waals surface area (Å²) in [5.41, 5.74) is 0.744. The lowest BCUT2D eigenvalue weighted by Crippen LogP contribution is -2.48. The Bertz CT molecular complexity index is 761. The van der Waals surface area contributed by atoms with Gasteiger partial charge in [-0.15, -0.1) is 5.10 Å². The SMILES string of the molecule is O=C(NC1CCN(CCCOc2ccccc2-n2cnnn2)CC1)C(F)(F)F. The van der Waals surface area contributed by atoms with Crippen LogP contribution < -0.4 is 10.1 Å². The van der Waals surface area contributed by atoms with Crippen molar-refractivity contribution in [3.8, 4) is 11.4 Å². The van der Waals surface area contributed by atoms with Gasteiger partial charge in [0, 0.05) is 25.7 Å². The maximum Gasteiger partial charge on any atom is 0.471 e. The Kier molecular flexibility index (Phi) is 6.45. The Hall–Kier alpha value is -2.69. The minimum absolute atomic E-state index is 0.426. The number of nitrogens with one attached hydrogen (secondary N) is 1. The highest BCUT2D eigenvalue weighted by molar-refractivity contribution is 5.81. The molecule has 2 aromatic rings. The molecule has 28 heavy (non-hydrogen) atoms. The largest absolute Gasteiger partial charge is 0.491 e. The van der Waals surface area contributed by atoms with Crippen molar-refractivity contribution in [3.63, 3.8) is 0 Å². The Balaban J connectivity index is 1.38. The summed E-state index contributed by atoms with van der Waals surface area (Å²) in [6, 6.07) is 7.00. The van der Waals surface area contributed by atoms with Crippen LogP contribution in [0.15, 0.2) is 30.6 Å². The third-order valence-corrected chi connectivity index (χ3v) is 4.52. The van der Waals surface area contributed by atoms with Crippen molar-refractivity contribution in [3.05, 3.63) is 30.6 Å². The Morgan fingerprint density at radius 1 is 1.25 bits per heavy atom. The molecule has 3 rings (SSSR count). The summed E-state index contributed by atoms with van der Waals surface area (Å²) >= 11 is 0. The molecule has 0 spiro atoms. The molecule has 0 aliphatic carbocycles. The second-order valence-electron chi connectivity index (χ2n) is 6.51. The second kappa shape index (κ2) is 9.00. The van der Waals surface area contributed by atoms with Gasteiger partial charge >= 0.3 is 12.1 Å². The predicted octanol–water partition coefficient (Wildman–Crippen LogP) is 1.57. The second-order valence-corrected chi connectivity index (χ2v) is 6.51. The maximum absolute atomic E-state index is 12.3. The summed E-state index contributed by atoms with van der Waals surface area (Å²) in [6.45, 7) is 2.55. The number of likely N-dealkylation sites (tertiary alicyclic amines) is 1. The molecule has 2 heterocycles. The number of benzene rings is 1. The van der Waals surface area contributed by atoms with E-state index < -0.39 is 18.1 Å². The molecule has 1 aromatic heterocycles. The third kappa shape index (κ3) is 5.41. The lowest BCUT2D eigenvalue weighted by molar-refractivity contribution is -0.174. The number of alkyl halides is 3. The van der Waals surface area contributed by atoms with E-state index in [1.54, 1.807) is 0 Å². The molecule has 0 bridgehead atoms. The van der Waals surface area contributed by atoms with E-state index in [9.17, 15) is 18.0 Å². The number of hydrogen-bond donors (Lipinski definition) is 1. The minimum Gasteiger partial charge on any atom is -0.491 e. The molecule has 1 N–H and O–H groups in total. The Labute approximate surface area is 159 Å². The number of hydrogen-bond acceptors (Lipinski definition) is 6. The first-order chi connectivity index (χ1) is 13.4. The van der Waals surface area contributed by atoms with E-state index in [1.807, 2.05) is 24.3 Å². The zero-order chi connectivity index (χ0) is 20.0. The van der Waals surface area contributed by atoms with Crippen molar-refractivity contribution in [2.75, 3.05) is 26.2 Å². The van der Waals surface area contributed by atoms with Crippen molar-refractivity contribution < 1.29 is 22.7 Å². The van der Waals surface area contributed by atoms with E-state index in [-0.39, 0.29) is 0 Å². The molecule has 8 nitrogen and oxygen atoms in total. The van der Waals surface area contributed by atoms with Crippen LogP contribution in [-0.2, 0) is 4.79 Å². The smallest absolute Gasteiger partial charge is 0.471 e. The van der Waals surface area contributed by atoms with E-state index in [0.717, 1.165) is 18.7 Å². The lowest BCUT2D eigenvalue weighted by Gasteiger charge is -2.32.